The molecule has 2 aromatic carbocycles. The molecule has 1 fully saturated rings. The molecule has 0 aliphatic carbocycles. The second kappa shape index (κ2) is 7.53. The maximum Gasteiger partial charge on any atom is 0.131 e. The Morgan fingerprint density at radius 2 is 1.66 bits per heavy atom. The van der Waals surface area contributed by atoms with Gasteiger partial charge in [-0.25, -0.2) is 4.98 Å². The van der Waals surface area contributed by atoms with Crippen molar-refractivity contribution in [1.29, 1.82) is 0 Å². The van der Waals surface area contributed by atoms with Crippen molar-refractivity contribution < 1.29 is 0 Å². The van der Waals surface area contributed by atoms with Gasteiger partial charge in [0.25, 0.3) is 0 Å². The highest BCUT2D eigenvalue weighted by Crippen LogP contribution is 2.34. The molecule has 5 rings (SSSR count). The highest BCUT2D eigenvalue weighted by molar-refractivity contribution is 5.97. The van der Waals surface area contributed by atoms with Crippen LogP contribution in [0.3, 0.4) is 0 Å². The van der Waals surface area contributed by atoms with E-state index in [0.717, 1.165) is 59.3 Å². The van der Waals surface area contributed by atoms with Gasteiger partial charge in [-0.15, -0.1) is 0 Å². The summed E-state index contributed by atoms with van der Waals surface area (Å²) in [7, 11) is 0. The van der Waals surface area contributed by atoms with Crippen molar-refractivity contribution in [2.45, 2.75) is 0 Å². The Balaban J connectivity index is 1.52. The Morgan fingerprint density at radius 3 is 2.48 bits per heavy atom. The first-order chi connectivity index (χ1) is 14.3. The van der Waals surface area contributed by atoms with Crippen molar-refractivity contribution >= 4 is 22.4 Å². The number of hydrogen-bond donors (Lipinski definition) is 2. The van der Waals surface area contributed by atoms with Crippen LogP contribution in [0, 0.1) is 0 Å². The number of nitrogens with one attached hydrogen (secondary N) is 1. The molecular weight excluding hydrogens is 358 g/mol. The van der Waals surface area contributed by atoms with Gasteiger partial charge >= 0.3 is 0 Å². The van der Waals surface area contributed by atoms with Crippen LogP contribution in [0.15, 0.2) is 73.1 Å². The maximum atomic E-state index is 6.27. The number of pyridine rings is 2. The first kappa shape index (κ1) is 17.6. The molecule has 0 atom stereocenters. The molecule has 0 radical (unpaired) electrons. The summed E-state index contributed by atoms with van der Waals surface area (Å²) in [5, 5.41) is 4.47. The van der Waals surface area contributed by atoms with E-state index in [1.165, 1.54) is 5.69 Å². The molecule has 5 nitrogen and oxygen atoms in total. The van der Waals surface area contributed by atoms with Crippen molar-refractivity contribution in [3.05, 3.63) is 73.1 Å². The van der Waals surface area contributed by atoms with E-state index in [1.807, 2.05) is 30.6 Å². The Morgan fingerprint density at radius 1 is 0.828 bits per heavy atom. The standard InChI is InChI=1S/C24H23N5/c25-24-22(20-3-1-5-23-21(20)4-2-10-27-23)15-18(16-28-24)17-6-8-19(9-7-17)29-13-11-26-12-14-29/h1-10,15-16,26H,11-14H2,(H2,25,28). The fourth-order valence-corrected chi connectivity index (χ4v) is 3.97. The van der Waals surface area contributed by atoms with Crippen LogP contribution in [0.1, 0.15) is 0 Å². The van der Waals surface area contributed by atoms with Crippen LogP contribution in [0.4, 0.5) is 11.5 Å². The van der Waals surface area contributed by atoms with Gasteiger partial charge in [0, 0.05) is 60.8 Å². The lowest BCUT2D eigenvalue weighted by molar-refractivity contribution is 0.589. The third-order valence-corrected chi connectivity index (χ3v) is 5.54. The zero-order valence-corrected chi connectivity index (χ0v) is 16.2. The van der Waals surface area contributed by atoms with E-state index < -0.39 is 0 Å². The maximum absolute atomic E-state index is 6.27. The Labute approximate surface area is 170 Å². The van der Waals surface area contributed by atoms with E-state index in [2.05, 4.69) is 62.6 Å². The van der Waals surface area contributed by atoms with E-state index in [4.69, 9.17) is 5.73 Å². The van der Waals surface area contributed by atoms with Gasteiger partial charge < -0.3 is 16.0 Å². The molecular formula is C24H23N5. The largest absolute Gasteiger partial charge is 0.383 e. The molecule has 2 aromatic heterocycles. The lowest BCUT2D eigenvalue weighted by Gasteiger charge is -2.29. The normalized spacial score (nSPS) is 14.3. The lowest BCUT2D eigenvalue weighted by atomic mass is 9.98. The van der Waals surface area contributed by atoms with Crippen LogP contribution in [0.2, 0.25) is 0 Å². The minimum atomic E-state index is 0.530. The third kappa shape index (κ3) is 3.41. The van der Waals surface area contributed by atoms with E-state index >= 15 is 0 Å². The minimum absolute atomic E-state index is 0.530. The van der Waals surface area contributed by atoms with Gasteiger partial charge in [-0.05, 0) is 41.5 Å². The van der Waals surface area contributed by atoms with Crippen molar-refractivity contribution in [3.63, 3.8) is 0 Å². The molecule has 1 aliphatic rings. The van der Waals surface area contributed by atoms with E-state index in [-0.39, 0.29) is 0 Å². The molecule has 0 bridgehead atoms. The number of anilines is 2. The number of piperazine rings is 1. The summed E-state index contributed by atoms with van der Waals surface area (Å²) < 4.78 is 0. The smallest absolute Gasteiger partial charge is 0.131 e. The van der Waals surface area contributed by atoms with Gasteiger partial charge in [-0.1, -0.05) is 30.3 Å². The fraction of sp³-hybridized carbons (Fsp3) is 0.167. The number of fused-ring (bicyclic) bond motifs is 1. The lowest BCUT2D eigenvalue weighted by Crippen LogP contribution is -2.43. The molecule has 5 heteroatoms. The first-order valence-electron chi connectivity index (χ1n) is 9.95. The molecule has 0 unspecified atom stereocenters. The summed E-state index contributed by atoms with van der Waals surface area (Å²) in [6, 6.07) is 21.0. The molecule has 0 spiro atoms. The Bertz CT molecular complexity index is 1140. The van der Waals surface area contributed by atoms with E-state index in [1.54, 1.807) is 0 Å². The zero-order chi connectivity index (χ0) is 19.6. The molecule has 29 heavy (non-hydrogen) atoms. The van der Waals surface area contributed by atoms with Crippen LogP contribution in [0.5, 0.6) is 0 Å². The molecule has 3 heterocycles. The topological polar surface area (TPSA) is 67.1 Å². The summed E-state index contributed by atoms with van der Waals surface area (Å²) >= 11 is 0. The zero-order valence-electron chi connectivity index (χ0n) is 16.2. The summed E-state index contributed by atoms with van der Waals surface area (Å²) in [5.74, 6) is 0.530. The SMILES string of the molecule is Nc1ncc(-c2ccc(N3CCNCC3)cc2)cc1-c1cccc2ncccc12. The van der Waals surface area contributed by atoms with Crippen LogP contribution in [0.25, 0.3) is 33.2 Å². The van der Waals surface area contributed by atoms with Crippen molar-refractivity contribution in [3.8, 4) is 22.3 Å². The van der Waals surface area contributed by atoms with Gasteiger partial charge in [0.2, 0.25) is 0 Å². The predicted molar refractivity (Wildman–Crippen MR) is 120 cm³/mol. The van der Waals surface area contributed by atoms with Crippen LogP contribution in [-0.4, -0.2) is 36.1 Å². The molecule has 0 amide bonds. The molecule has 0 saturated carbocycles. The molecule has 3 N–H and O–H groups in total. The number of nitrogen functional groups attached to an aromatic ring is 1. The molecule has 1 saturated heterocycles. The summed E-state index contributed by atoms with van der Waals surface area (Å²) in [6.07, 6.45) is 3.66. The van der Waals surface area contributed by atoms with Crippen molar-refractivity contribution in [1.82, 2.24) is 15.3 Å². The second-order valence-electron chi connectivity index (χ2n) is 7.32. The van der Waals surface area contributed by atoms with Crippen LogP contribution < -0.4 is 16.0 Å². The number of rotatable bonds is 3. The summed E-state index contributed by atoms with van der Waals surface area (Å²) in [5.41, 5.74) is 12.7. The first-order valence-corrected chi connectivity index (χ1v) is 9.95. The summed E-state index contributed by atoms with van der Waals surface area (Å²) in [6.45, 7) is 4.16. The Kier molecular flexibility index (Phi) is 4.58. The average Bonchev–Trinajstić information content (AvgIpc) is 2.80. The average molecular weight is 381 g/mol. The van der Waals surface area contributed by atoms with Gasteiger partial charge in [-0.2, -0.15) is 0 Å². The number of nitrogens with two attached hydrogens (primary N) is 1. The van der Waals surface area contributed by atoms with Gasteiger partial charge in [0.05, 0.1) is 5.52 Å². The van der Waals surface area contributed by atoms with E-state index in [0.29, 0.717) is 5.82 Å². The number of aromatic nitrogens is 2. The van der Waals surface area contributed by atoms with Crippen molar-refractivity contribution in [2.75, 3.05) is 36.8 Å². The molecule has 1 aliphatic heterocycles. The minimum Gasteiger partial charge on any atom is -0.383 e. The predicted octanol–water partition coefficient (Wildman–Crippen LogP) is 3.96. The Hall–Kier alpha value is -3.44. The monoisotopic (exact) mass is 381 g/mol. The highest BCUT2D eigenvalue weighted by atomic mass is 15.2. The quantitative estimate of drug-likeness (QED) is 0.562. The summed E-state index contributed by atoms with van der Waals surface area (Å²) in [4.78, 5) is 11.4. The van der Waals surface area contributed by atoms with Crippen LogP contribution in [-0.2, 0) is 0 Å². The van der Waals surface area contributed by atoms with Gasteiger partial charge in [0.15, 0.2) is 0 Å². The number of nitrogens with zero attached hydrogens (tertiary/aromatic N) is 3. The van der Waals surface area contributed by atoms with Crippen LogP contribution >= 0.6 is 0 Å². The number of benzene rings is 2. The molecule has 4 aromatic rings. The number of hydrogen-bond acceptors (Lipinski definition) is 5. The second-order valence-corrected chi connectivity index (χ2v) is 7.32. The van der Waals surface area contributed by atoms with Crippen molar-refractivity contribution in [2.24, 2.45) is 0 Å². The van der Waals surface area contributed by atoms with Gasteiger partial charge in [-0.3, -0.25) is 4.98 Å². The third-order valence-electron chi connectivity index (χ3n) is 5.54. The van der Waals surface area contributed by atoms with Gasteiger partial charge in [0.1, 0.15) is 5.82 Å². The van der Waals surface area contributed by atoms with E-state index in [9.17, 15) is 0 Å². The molecule has 144 valence electrons. The highest BCUT2D eigenvalue weighted by Gasteiger charge is 2.12. The fourth-order valence-electron chi connectivity index (χ4n) is 3.97.